The summed E-state index contributed by atoms with van der Waals surface area (Å²) >= 11 is 0. The number of halogens is 3. The fourth-order valence-corrected chi connectivity index (χ4v) is 3.08. The van der Waals surface area contributed by atoms with Crippen LogP contribution in [-0.2, 0) is 19.1 Å². The highest BCUT2D eigenvalue weighted by molar-refractivity contribution is 5.33. The molecule has 0 saturated heterocycles. The van der Waals surface area contributed by atoms with Gasteiger partial charge in [-0.2, -0.15) is 13.2 Å². The first-order valence-electron chi connectivity index (χ1n) is 7.73. The van der Waals surface area contributed by atoms with Gasteiger partial charge in [-0.25, -0.2) is 0 Å². The van der Waals surface area contributed by atoms with Gasteiger partial charge in [0.1, 0.15) is 0 Å². The van der Waals surface area contributed by atoms with Crippen LogP contribution in [0.2, 0.25) is 0 Å². The summed E-state index contributed by atoms with van der Waals surface area (Å²) in [6.45, 7) is 1.70. The van der Waals surface area contributed by atoms with Gasteiger partial charge in [-0.3, -0.25) is 0 Å². The average molecular weight is 320 g/mol. The molecule has 2 nitrogen and oxygen atoms in total. The first kappa shape index (κ1) is 16.0. The SMILES string of the molecule is FC(F)(F)c1ccccc1CNC[C@H]1NCCc2ccccc21. The first-order valence-corrected chi connectivity index (χ1v) is 7.73. The van der Waals surface area contributed by atoms with Gasteiger partial charge in [0, 0.05) is 19.1 Å². The lowest BCUT2D eigenvalue weighted by molar-refractivity contribution is -0.138. The van der Waals surface area contributed by atoms with E-state index >= 15 is 0 Å². The van der Waals surface area contributed by atoms with E-state index in [1.165, 1.54) is 23.3 Å². The van der Waals surface area contributed by atoms with E-state index in [0.717, 1.165) is 19.0 Å². The third-order valence-electron chi connectivity index (χ3n) is 4.20. The lowest BCUT2D eigenvalue weighted by Gasteiger charge is -2.27. The molecule has 0 spiro atoms. The number of rotatable bonds is 4. The highest BCUT2D eigenvalue weighted by Crippen LogP contribution is 2.31. The van der Waals surface area contributed by atoms with E-state index in [0.29, 0.717) is 6.54 Å². The number of nitrogens with one attached hydrogen (secondary N) is 2. The van der Waals surface area contributed by atoms with Gasteiger partial charge < -0.3 is 10.6 Å². The normalized spacial score (nSPS) is 17.8. The molecule has 0 radical (unpaired) electrons. The Morgan fingerprint density at radius 2 is 1.78 bits per heavy atom. The third kappa shape index (κ3) is 3.74. The van der Waals surface area contributed by atoms with Crippen molar-refractivity contribution in [1.29, 1.82) is 0 Å². The van der Waals surface area contributed by atoms with Crippen LogP contribution in [0.15, 0.2) is 48.5 Å². The highest BCUT2D eigenvalue weighted by Gasteiger charge is 2.32. The Morgan fingerprint density at radius 1 is 1.04 bits per heavy atom. The summed E-state index contributed by atoms with van der Waals surface area (Å²) in [5, 5.41) is 6.58. The Bertz CT molecular complexity index is 667. The van der Waals surface area contributed by atoms with Crippen molar-refractivity contribution in [3.05, 3.63) is 70.8 Å². The lowest BCUT2D eigenvalue weighted by Crippen LogP contribution is -2.36. The van der Waals surface area contributed by atoms with E-state index < -0.39 is 11.7 Å². The van der Waals surface area contributed by atoms with Crippen LogP contribution in [0, 0.1) is 0 Å². The molecule has 0 aliphatic carbocycles. The summed E-state index contributed by atoms with van der Waals surface area (Å²) in [6, 6.07) is 14.1. The van der Waals surface area contributed by atoms with Gasteiger partial charge in [0.2, 0.25) is 0 Å². The molecule has 0 aromatic heterocycles. The summed E-state index contributed by atoms with van der Waals surface area (Å²) in [6.07, 6.45) is -3.32. The van der Waals surface area contributed by atoms with Crippen LogP contribution in [0.3, 0.4) is 0 Å². The smallest absolute Gasteiger partial charge is 0.311 e. The molecule has 5 heteroatoms. The molecule has 0 amide bonds. The Labute approximate surface area is 133 Å². The second kappa shape index (κ2) is 6.72. The molecule has 122 valence electrons. The number of alkyl halides is 3. The van der Waals surface area contributed by atoms with Crippen molar-refractivity contribution in [3.63, 3.8) is 0 Å². The second-order valence-corrected chi connectivity index (χ2v) is 5.74. The zero-order chi connectivity index (χ0) is 16.3. The van der Waals surface area contributed by atoms with Crippen molar-refractivity contribution in [2.24, 2.45) is 0 Å². The molecule has 1 atom stereocenters. The predicted molar refractivity (Wildman–Crippen MR) is 84.0 cm³/mol. The molecular weight excluding hydrogens is 301 g/mol. The fraction of sp³-hybridized carbons (Fsp3) is 0.333. The number of benzene rings is 2. The van der Waals surface area contributed by atoms with Crippen LogP contribution >= 0.6 is 0 Å². The molecule has 0 bridgehead atoms. The minimum Gasteiger partial charge on any atom is -0.311 e. The van der Waals surface area contributed by atoms with Gasteiger partial charge >= 0.3 is 6.18 Å². The van der Waals surface area contributed by atoms with Gasteiger partial charge in [0.05, 0.1) is 5.56 Å². The maximum absolute atomic E-state index is 13.0. The highest BCUT2D eigenvalue weighted by atomic mass is 19.4. The number of hydrogen-bond donors (Lipinski definition) is 2. The summed E-state index contributed by atoms with van der Waals surface area (Å²) in [7, 11) is 0. The van der Waals surface area contributed by atoms with Crippen molar-refractivity contribution in [3.8, 4) is 0 Å². The molecule has 1 aliphatic rings. The fourth-order valence-electron chi connectivity index (χ4n) is 3.08. The Kier molecular flexibility index (Phi) is 4.68. The minimum absolute atomic E-state index is 0.137. The van der Waals surface area contributed by atoms with Gasteiger partial charge in [0.25, 0.3) is 0 Å². The second-order valence-electron chi connectivity index (χ2n) is 5.74. The minimum atomic E-state index is -4.31. The van der Waals surface area contributed by atoms with Gasteiger partial charge in [-0.1, -0.05) is 42.5 Å². The molecular formula is C18H19F3N2. The number of hydrogen-bond acceptors (Lipinski definition) is 2. The largest absolute Gasteiger partial charge is 0.416 e. The molecule has 0 saturated carbocycles. The maximum Gasteiger partial charge on any atom is 0.416 e. The average Bonchev–Trinajstić information content (AvgIpc) is 2.55. The summed E-state index contributed by atoms with van der Waals surface area (Å²) in [4.78, 5) is 0. The molecule has 23 heavy (non-hydrogen) atoms. The van der Waals surface area contributed by atoms with Crippen molar-refractivity contribution in [2.75, 3.05) is 13.1 Å². The van der Waals surface area contributed by atoms with Crippen LogP contribution in [0.1, 0.15) is 28.3 Å². The summed E-state index contributed by atoms with van der Waals surface area (Å²) < 4.78 is 39.0. The van der Waals surface area contributed by atoms with E-state index in [1.807, 2.05) is 12.1 Å². The van der Waals surface area contributed by atoms with Crippen LogP contribution < -0.4 is 10.6 Å². The van der Waals surface area contributed by atoms with Crippen molar-refractivity contribution < 1.29 is 13.2 Å². The zero-order valence-corrected chi connectivity index (χ0v) is 12.7. The van der Waals surface area contributed by atoms with E-state index in [-0.39, 0.29) is 18.2 Å². The molecule has 2 aromatic carbocycles. The molecule has 0 unspecified atom stereocenters. The van der Waals surface area contributed by atoms with Crippen molar-refractivity contribution in [2.45, 2.75) is 25.2 Å². The van der Waals surface area contributed by atoms with Crippen LogP contribution in [0.5, 0.6) is 0 Å². The molecule has 3 rings (SSSR count). The van der Waals surface area contributed by atoms with Gasteiger partial charge in [-0.05, 0) is 35.7 Å². The van der Waals surface area contributed by atoms with E-state index in [9.17, 15) is 13.2 Å². The van der Waals surface area contributed by atoms with Crippen molar-refractivity contribution >= 4 is 0 Å². The Morgan fingerprint density at radius 3 is 2.61 bits per heavy atom. The molecule has 2 N–H and O–H groups in total. The first-order chi connectivity index (χ1) is 11.1. The Hall–Kier alpha value is -1.85. The predicted octanol–water partition coefficient (Wildman–Crippen LogP) is 3.68. The summed E-state index contributed by atoms with van der Waals surface area (Å²) in [5.41, 5.74) is 2.26. The van der Waals surface area contributed by atoms with E-state index in [4.69, 9.17) is 0 Å². The maximum atomic E-state index is 13.0. The summed E-state index contributed by atoms with van der Waals surface area (Å²) in [5.74, 6) is 0. The number of fused-ring (bicyclic) bond motifs is 1. The third-order valence-corrected chi connectivity index (χ3v) is 4.20. The topological polar surface area (TPSA) is 24.1 Å². The zero-order valence-electron chi connectivity index (χ0n) is 12.7. The standard InChI is InChI=1S/C18H19F3N2/c19-18(20,21)16-8-4-2-6-14(16)11-22-12-17-15-7-3-1-5-13(15)9-10-23-17/h1-8,17,22-23H,9-12H2/t17-/m1/s1. The van der Waals surface area contributed by atoms with Crippen LogP contribution in [-0.4, -0.2) is 13.1 Å². The molecule has 0 fully saturated rings. The van der Waals surface area contributed by atoms with E-state index in [1.54, 1.807) is 6.07 Å². The Balaban J connectivity index is 1.65. The monoisotopic (exact) mass is 320 g/mol. The van der Waals surface area contributed by atoms with Crippen molar-refractivity contribution in [1.82, 2.24) is 10.6 Å². The molecule has 1 heterocycles. The van der Waals surface area contributed by atoms with Gasteiger partial charge in [0.15, 0.2) is 0 Å². The quantitative estimate of drug-likeness (QED) is 0.898. The lowest BCUT2D eigenvalue weighted by atomic mass is 9.94. The molecule has 2 aromatic rings. The van der Waals surface area contributed by atoms with Crippen LogP contribution in [0.4, 0.5) is 13.2 Å². The van der Waals surface area contributed by atoms with Gasteiger partial charge in [-0.15, -0.1) is 0 Å². The van der Waals surface area contributed by atoms with E-state index in [2.05, 4.69) is 22.8 Å². The van der Waals surface area contributed by atoms with Crippen LogP contribution in [0.25, 0.3) is 0 Å². The molecule has 1 aliphatic heterocycles.